The lowest BCUT2D eigenvalue weighted by atomic mass is 9.98. The first kappa shape index (κ1) is 17.2. The van der Waals surface area contributed by atoms with E-state index in [9.17, 15) is 0 Å². The molecule has 8 heteroatoms. The molecule has 0 spiro atoms. The molecule has 1 atom stereocenters. The number of hydrogen-bond donors (Lipinski definition) is 0. The van der Waals surface area contributed by atoms with E-state index in [1.165, 1.54) is 6.42 Å². The van der Waals surface area contributed by atoms with Gasteiger partial charge in [-0.2, -0.15) is 9.61 Å². The Morgan fingerprint density at radius 2 is 2.04 bits per heavy atom. The molecule has 1 aromatic carbocycles. The third kappa shape index (κ3) is 3.26. The summed E-state index contributed by atoms with van der Waals surface area (Å²) in [6, 6.07) is 5.97. The van der Waals surface area contributed by atoms with Gasteiger partial charge in [-0.3, -0.25) is 0 Å². The minimum absolute atomic E-state index is 0.403. The van der Waals surface area contributed by atoms with Crippen LogP contribution >= 0.6 is 11.3 Å². The van der Waals surface area contributed by atoms with Gasteiger partial charge in [0.05, 0.1) is 14.2 Å². The maximum Gasteiger partial charge on any atom is 0.234 e. The summed E-state index contributed by atoms with van der Waals surface area (Å²) in [7, 11) is 5.46. The molecule has 1 unspecified atom stereocenters. The summed E-state index contributed by atoms with van der Waals surface area (Å²) >= 11 is 1.59. The largest absolute Gasteiger partial charge is 0.493 e. The molecule has 26 heavy (non-hydrogen) atoms. The van der Waals surface area contributed by atoms with Crippen molar-refractivity contribution >= 4 is 16.3 Å². The van der Waals surface area contributed by atoms with E-state index in [4.69, 9.17) is 14.6 Å². The van der Waals surface area contributed by atoms with Gasteiger partial charge < -0.3 is 14.4 Å². The molecular weight excluding hydrogens is 350 g/mol. The number of methoxy groups -OCH3 is 2. The lowest BCUT2D eigenvalue weighted by molar-refractivity contribution is 0.244. The highest BCUT2D eigenvalue weighted by atomic mass is 32.1. The van der Waals surface area contributed by atoms with Crippen molar-refractivity contribution in [3.63, 3.8) is 0 Å². The van der Waals surface area contributed by atoms with Crippen molar-refractivity contribution in [2.75, 3.05) is 34.4 Å². The van der Waals surface area contributed by atoms with Gasteiger partial charge in [0.25, 0.3) is 0 Å². The molecule has 1 aliphatic heterocycles. The van der Waals surface area contributed by atoms with Gasteiger partial charge in [-0.15, -0.1) is 10.2 Å². The van der Waals surface area contributed by atoms with Crippen LogP contribution in [0, 0.1) is 0 Å². The molecule has 3 heterocycles. The summed E-state index contributed by atoms with van der Waals surface area (Å²) in [4.78, 5) is 3.22. The molecule has 1 fully saturated rings. The van der Waals surface area contributed by atoms with Crippen LogP contribution < -0.4 is 9.47 Å². The predicted octanol–water partition coefficient (Wildman–Crippen LogP) is 2.60. The highest BCUT2D eigenvalue weighted by Gasteiger charge is 2.25. The first-order valence-electron chi connectivity index (χ1n) is 8.78. The zero-order chi connectivity index (χ0) is 18.1. The number of rotatable bonds is 5. The first-order chi connectivity index (χ1) is 12.7. The third-order valence-electron chi connectivity index (χ3n) is 4.85. The number of likely N-dealkylation sites (N-methyl/N-ethyl adjacent to an activating group) is 1. The number of piperidine rings is 1. The molecule has 1 aliphatic rings. The maximum absolute atomic E-state index is 5.39. The molecule has 4 rings (SSSR count). The minimum atomic E-state index is 0.403. The summed E-state index contributed by atoms with van der Waals surface area (Å²) in [5.41, 5.74) is 1.13. The fraction of sp³-hybridized carbons (Fsp3) is 0.500. The number of likely N-dealkylation sites (tertiary alicyclic amines) is 1. The quantitative estimate of drug-likeness (QED) is 0.685. The summed E-state index contributed by atoms with van der Waals surface area (Å²) in [5.74, 6) is 2.86. The third-order valence-corrected chi connectivity index (χ3v) is 5.75. The van der Waals surface area contributed by atoms with Gasteiger partial charge >= 0.3 is 0 Å². The first-order valence-corrected chi connectivity index (χ1v) is 9.60. The van der Waals surface area contributed by atoms with Crippen molar-refractivity contribution in [1.29, 1.82) is 0 Å². The van der Waals surface area contributed by atoms with Gasteiger partial charge in [-0.25, -0.2) is 0 Å². The average molecular weight is 373 g/mol. The van der Waals surface area contributed by atoms with Crippen molar-refractivity contribution in [3.05, 3.63) is 34.6 Å². The number of ether oxygens (including phenoxy) is 2. The Kier molecular flexibility index (Phi) is 4.78. The van der Waals surface area contributed by atoms with Crippen LogP contribution in [0.15, 0.2) is 18.2 Å². The fourth-order valence-electron chi connectivity index (χ4n) is 3.54. The van der Waals surface area contributed by atoms with Gasteiger partial charge in [0.1, 0.15) is 5.01 Å². The molecule has 2 aromatic heterocycles. The molecule has 0 saturated carbocycles. The molecule has 0 radical (unpaired) electrons. The molecule has 0 amide bonds. The average Bonchev–Trinajstić information content (AvgIpc) is 3.21. The number of nitrogens with zero attached hydrogens (tertiary/aromatic N) is 5. The molecule has 0 aliphatic carbocycles. The molecular formula is C18H23N5O2S. The standard InChI is InChI=1S/C18H23N5O2S/c1-22-8-4-5-13(11-22)17-19-20-18-23(17)21-16(26-18)10-12-6-7-14(24-2)15(9-12)25-3/h6-7,9,13H,4-5,8,10-11H2,1-3H3. The zero-order valence-electron chi connectivity index (χ0n) is 15.3. The second kappa shape index (κ2) is 7.20. The Hall–Kier alpha value is -2.19. The summed E-state index contributed by atoms with van der Waals surface area (Å²) in [5, 5.41) is 14.6. The maximum atomic E-state index is 5.39. The predicted molar refractivity (Wildman–Crippen MR) is 100 cm³/mol. The molecule has 0 bridgehead atoms. The van der Waals surface area contributed by atoms with Crippen LogP contribution in [0.4, 0.5) is 0 Å². The minimum Gasteiger partial charge on any atom is -0.493 e. The Balaban J connectivity index is 1.58. The number of aromatic nitrogens is 4. The van der Waals surface area contributed by atoms with Crippen LogP contribution in [-0.4, -0.2) is 59.1 Å². The summed E-state index contributed by atoms with van der Waals surface area (Å²) < 4.78 is 12.6. The molecule has 138 valence electrons. The molecule has 0 N–H and O–H groups in total. The molecule has 3 aromatic rings. The van der Waals surface area contributed by atoms with Gasteiger partial charge in [-0.1, -0.05) is 17.4 Å². The Morgan fingerprint density at radius 1 is 1.19 bits per heavy atom. The van der Waals surface area contributed by atoms with Crippen LogP contribution in [0.5, 0.6) is 11.5 Å². The van der Waals surface area contributed by atoms with Crippen molar-refractivity contribution in [2.24, 2.45) is 0 Å². The smallest absolute Gasteiger partial charge is 0.234 e. The monoisotopic (exact) mass is 373 g/mol. The van der Waals surface area contributed by atoms with Crippen LogP contribution in [0.3, 0.4) is 0 Å². The van der Waals surface area contributed by atoms with E-state index in [-0.39, 0.29) is 0 Å². The Bertz CT molecular complexity index is 906. The normalized spacial score (nSPS) is 18.3. The van der Waals surface area contributed by atoms with Crippen LogP contribution in [-0.2, 0) is 6.42 Å². The highest BCUT2D eigenvalue weighted by Crippen LogP contribution is 2.30. The topological polar surface area (TPSA) is 64.8 Å². The molecule has 7 nitrogen and oxygen atoms in total. The van der Waals surface area contributed by atoms with Crippen LogP contribution in [0.1, 0.15) is 35.2 Å². The summed E-state index contributed by atoms with van der Waals surface area (Å²) in [6.45, 7) is 2.17. The lowest BCUT2D eigenvalue weighted by Gasteiger charge is -2.28. The van der Waals surface area contributed by atoms with E-state index in [0.29, 0.717) is 5.92 Å². The van der Waals surface area contributed by atoms with Gasteiger partial charge in [0.2, 0.25) is 4.96 Å². The number of benzene rings is 1. The van der Waals surface area contributed by atoms with Gasteiger partial charge in [0.15, 0.2) is 17.3 Å². The van der Waals surface area contributed by atoms with E-state index in [0.717, 1.165) is 58.8 Å². The fourth-order valence-corrected chi connectivity index (χ4v) is 4.41. The summed E-state index contributed by atoms with van der Waals surface area (Å²) in [6.07, 6.45) is 3.07. The van der Waals surface area contributed by atoms with Crippen molar-refractivity contribution in [1.82, 2.24) is 24.7 Å². The Morgan fingerprint density at radius 3 is 2.81 bits per heavy atom. The number of fused-ring (bicyclic) bond motifs is 1. The molecule has 1 saturated heterocycles. The second-order valence-electron chi connectivity index (χ2n) is 6.72. The van der Waals surface area contributed by atoms with Gasteiger partial charge in [0, 0.05) is 18.9 Å². The second-order valence-corrected chi connectivity index (χ2v) is 7.76. The van der Waals surface area contributed by atoms with E-state index < -0.39 is 0 Å². The SMILES string of the molecule is COc1ccc(Cc2nn3c(C4CCCN(C)C4)nnc3s2)cc1OC. The van der Waals surface area contributed by atoms with E-state index >= 15 is 0 Å². The lowest BCUT2D eigenvalue weighted by Crippen LogP contribution is -2.31. The van der Waals surface area contributed by atoms with E-state index in [1.807, 2.05) is 22.7 Å². The van der Waals surface area contributed by atoms with Crippen LogP contribution in [0.2, 0.25) is 0 Å². The van der Waals surface area contributed by atoms with Crippen molar-refractivity contribution < 1.29 is 9.47 Å². The van der Waals surface area contributed by atoms with E-state index in [1.54, 1.807) is 25.6 Å². The Labute approximate surface area is 156 Å². The van der Waals surface area contributed by atoms with E-state index in [2.05, 4.69) is 22.1 Å². The number of hydrogen-bond acceptors (Lipinski definition) is 7. The van der Waals surface area contributed by atoms with Crippen molar-refractivity contribution in [3.8, 4) is 11.5 Å². The highest BCUT2D eigenvalue weighted by molar-refractivity contribution is 7.16. The zero-order valence-corrected chi connectivity index (χ0v) is 16.1. The van der Waals surface area contributed by atoms with Crippen molar-refractivity contribution in [2.45, 2.75) is 25.2 Å². The van der Waals surface area contributed by atoms with Crippen LogP contribution in [0.25, 0.3) is 4.96 Å². The van der Waals surface area contributed by atoms with Gasteiger partial charge in [-0.05, 0) is 44.1 Å².